The summed E-state index contributed by atoms with van der Waals surface area (Å²) in [5.41, 5.74) is 1.37. The van der Waals surface area contributed by atoms with Crippen LogP contribution in [0.1, 0.15) is 47.0 Å². The Kier molecular flexibility index (Phi) is 5.69. The minimum atomic E-state index is 0.305. The molecule has 0 radical (unpaired) electrons. The lowest BCUT2D eigenvalue weighted by Gasteiger charge is -2.06. The summed E-state index contributed by atoms with van der Waals surface area (Å²) in [6, 6.07) is 0. The Bertz CT molecular complexity index is 164. The van der Waals surface area contributed by atoms with E-state index in [0.717, 1.165) is 19.3 Å². The number of ketones is 1. The Morgan fingerprint density at radius 1 is 1.33 bits per heavy atom. The molecule has 0 aliphatic carbocycles. The molecule has 1 heteroatoms. The van der Waals surface area contributed by atoms with Gasteiger partial charge >= 0.3 is 0 Å². The summed E-state index contributed by atoms with van der Waals surface area (Å²) in [5.74, 6) is 0.845. The summed E-state index contributed by atoms with van der Waals surface area (Å²) in [5, 5.41) is 0. The fourth-order valence-electron chi connectivity index (χ4n) is 1.25. The molecule has 0 aliphatic rings. The highest BCUT2D eigenvalue weighted by Crippen LogP contribution is 2.11. The number of allylic oxidation sites excluding steroid dienone is 2. The van der Waals surface area contributed by atoms with Gasteiger partial charge in [-0.3, -0.25) is 0 Å². The fourth-order valence-corrected chi connectivity index (χ4v) is 1.25. The number of rotatable bonds is 5. The number of hydrogen-bond donors (Lipinski definition) is 0. The standard InChI is InChI=1S/C11H20O/c1-9(2)6-5-7-10(3)8-11(4)12/h6,10H,5,7-8H2,1-4H3. The van der Waals surface area contributed by atoms with Crippen LogP contribution in [0.3, 0.4) is 0 Å². The van der Waals surface area contributed by atoms with E-state index in [4.69, 9.17) is 0 Å². The molecule has 1 nitrogen and oxygen atoms in total. The van der Waals surface area contributed by atoms with Gasteiger partial charge in [-0.05, 0) is 39.5 Å². The highest BCUT2D eigenvalue weighted by molar-refractivity contribution is 5.75. The Balaban J connectivity index is 3.50. The van der Waals surface area contributed by atoms with Gasteiger partial charge in [0.05, 0.1) is 0 Å². The maximum atomic E-state index is 10.7. The molecular weight excluding hydrogens is 148 g/mol. The minimum absolute atomic E-state index is 0.305. The fraction of sp³-hybridized carbons (Fsp3) is 0.727. The molecule has 0 rings (SSSR count). The van der Waals surface area contributed by atoms with Crippen molar-refractivity contribution in [1.82, 2.24) is 0 Å². The molecule has 0 spiro atoms. The zero-order chi connectivity index (χ0) is 9.56. The van der Waals surface area contributed by atoms with Crippen LogP contribution < -0.4 is 0 Å². The SMILES string of the molecule is CC(=O)CC(C)CCC=C(C)C. The third-order valence-corrected chi connectivity index (χ3v) is 1.85. The molecule has 0 aromatic heterocycles. The average molecular weight is 168 g/mol. The van der Waals surface area contributed by atoms with Crippen molar-refractivity contribution in [2.45, 2.75) is 47.0 Å². The highest BCUT2D eigenvalue weighted by Gasteiger charge is 2.03. The van der Waals surface area contributed by atoms with Crippen LogP contribution in [0, 0.1) is 5.92 Å². The molecule has 0 amide bonds. The molecular formula is C11H20O. The summed E-state index contributed by atoms with van der Waals surface area (Å²) >= 11 is 0. The molecule has 0 N–H and O–H groups in total. The molecule has 0 aliphatic heterocycles. The first-order valence-corrected chi connectivity index (χ1v) is 4.65. The van der Waals surface area contributed by atoms with Crippen molar-refractivity contribution in [2.24, 2.45) is 5.92 Å². The Morgan fingerprint density at radius 3 is 2.33 bits per heavy atom. The van der Waals surface area contributed by atoms with Gasteiger partial charge in [-0.25, -0.2) is 0 Å². The summed E-state index contributed by atoms with van der Waals surface area (Å²) in [6.45, 7) is 8.02. The zero-order valence-electron chi connectivity index (χ0n) is 8.68. The highest BCUT2D eigenvalue weighted by atomic mass is 16.1. The van der Waals surface area contributed by atoms with Crippen LogP contribution in [0.15, 0.2) is 11.6 Å². The molecule has 12 heavy (non-hydrogen) atoms. The maximum Gasteiger partial charge on any atom is 0.130 e. The first kappa shape index (κ1) is 11.4. The van der Waals surface area contributed by atoms with Gasteiger partial charge in [0.25, 0.3) is 0 Å². The second-order valence-corrected chi connectivity index (χ2v) is 3.87. The van der Waals surface area contributed by atoms with Crippen molar-refractivity contribution >= 4 is 5.78 Å². The summed E-state index contributed by atoms with van der Waals surface area (Å²) in [6.07, 6.45) is 5.20. The van der Waals surface area contributed by atoms with E-state index in [2.05, 4.69) is 26.8 Å². The van der Waals surface area contributed by atoms with Crippen molar-refractivity contribution < 1.29 is 4.79 Å². The summed E-state index contributed by atoms with van der Waals surface area (Å²) in [4.78, 5) is 10.7. The molecule has 0 bridgehead atoms. The van der Waals surface area contributed by atoms with Gasteiger partial charge in [0, 0.05) is 6.42 Å². The van der Waals surface area contributed by atoms with Crippen LogP contribution >= 0.6 is 0 Å². The van der Waals surface area contributed by atoms with Gasteiger partial charge in [-0.1, -0.05) is 18.6 Å². The number of hydrogen-bond acceptors (Lipinski definition) is 1. The number of carbonyl (C=O) groups excluding carboxylic acids is 1. The van der Waals surface area contributed by atoms with Crippen LogP contribution in [-0.4, -0.2) is 5.78 Å². The van der Waals surface area contributed by atoms with E-state index in [-0.39, 0.29) is 0 Å². The van der Waals surface area contributed by atoms with E-state index in [9.17, 15) is 4.79 Å². The minimum Gasteiger partial charge on any atom is -0.300 e. The molecule has 0 aromatic carbocycles. The third-order valence-electron chi connectivity index (χ3n) is 1.85. The van der Waals surface area contributed by atoms with Crippen molar-refractivity contribution in [2.75, 3.05) is 0 Å². The molecule has 0 heterocycles. The largest absolute Gasteiger partial charge is 0.300 e. The lowest BCUT2D eigenvalue weighted by atomic mass is 9.99. The monoisotopic (exact) mass is 168 g/mol. The predicted octanol–water partition coefficient (Wildman–Crippen LogP) is 3.35. The third kappa shape index (κ3) is 7.52. The Hall–Kier alpha value is -0.590. The van der Waals surface area contributed by atoms with E-state index >= 15 is 0 Å². The van der Waals surface area contributed by atoms with E-state index in [1.807, 2.05) is 0 Å². The smallest absolute Gasteiger partial charge is 0.130 e. The van der Waals surface area contributed by atoms with Crippen LogP contribution in [0.2, 0.25) is 0 Å². The second kappa shape index (κ2) is 5.99. The Morgan fingerprint density at radius 2 is 1.92 bits per heavy atom. The molecule has 0 aromatic rings. The first-order chi connectivity index (χ1) is 5.52. The van der Waals surface area contributed by atoms with Gasteiger partial charge in [0.1, 0.15) is 5.78 Å². The lowest BCUT2D eigenvalue weighted by Crippen LogP contribution is -2.00. The molecule has 0 saturated carbocycles. The van der Waals surface area contributed by atoms with Gasteiger partial charge in [-0.15, -0.1) is 0 Å². The Labute approximate surface area is 75.9 Å². The van der Waals surface area contributed by atoms with Gasteiger partial charge in [0.15, 0.2) is 0 Å². The van der Waals surface area contributed by atoms with Crippen LogP contribution in [0.4, 0.5) is 0 Å². The van der Waals surface area contributed by atoms with Crippen molar-refractivity contribution in [3.63, 3.8) is 0 Å². The maximum absolute atomic E-state index is 10.7. The molecule has 0 saturated heterocycles. The van der Waals surface area contributed by atoms with E-state index < -0.39 is 0 Å². The van der Waals surface area contributed by atoms with Crippen molar-refractivity contribution in [3.05, 3.63) is 11.6 Å². The average Bonchev–Trinajstić information content (AvgIpc) is 1.84. The van der Waals surface area contributed by atoms with Crippen LogP contribution in [0.25, 0.3) is 0 Å². The van der Waals surface area contributed by atoms with E-state index in [1.54, 1.807) is 6.92 Å². The molecule has 0 fully saturated rings. The zero-order valence-corrected chi connectivity index (χ0v) is 8.68. The van der Waals surface area contributed by atoms with E-state index in [1.165, 1.54) is 5.57 Å². The van der Waals surface area contributed by atoms with Crippen molar-refractivity contribution in [3.8, 4) is 0 Å². The van der Waals surface area contributed by atoms with E-state index in [0.29, 0.717) is 11.7 Å². The van der Waals surface area contributed by atoms with Crippen LogP contribution in [0.5, 0.6) is 0 Å². The molecule has 1 unspecified atom stereocenters. The summed E-state index contributed by atoms with van der Waals surface area (Å²) < 4.78 is 0. The van der Waals surface area contributed by atoms with Gasteiger partial charge in [0.2, 0.25) is 0 Å². The second-order valence-electron chi connectivity index (χ2n) is 3.87. The molecule has 1 atom stereocenters. The van der Waals surface area contributed by atoms with Crippen LogP contribution in [-0.2, 0) is 4.79 Å². The van der Waals surface area contributed by atoms with Gasteiger partial charge in [-0.2, -0.15) is 0 Å². The number of Topliss-reactive ketones (excluding diaryl/α,β-unsaturated/α-hetero) is 1. The topological polar surface area (TPSA) is 17.1 Å². The van der Waals surface area contributed by atoms with Crippen molar-refractivity contribution in [1.29, 1.82) is 0 Å². The predicted molar refractivity (Wildman–Crippen MR) is 53.1 cm³/mol. The first-order valence-electron chi connectivity index (χ1n) is 4.65. The lowest BCUT2D eigenvalue weighted by molar-refractivity contribution is -0.117. The quantitative estimate of drug-likeness (QED) is 0.575. The number of carbonyl (C=O) groups is 1. The normalized spacial score (nSPS) is 12.3. The molecule has 70 valence electrons. The van der Waals surface area contributed by atoms with Gasteiger partial charge < -0.3 is 4.79 Å². The summed E-state index contributed by atoms with van der Waals surface area (Å²) in [7, 11) is 0.